The van der Waals surface area contributed by atoms with Crippen molar-refractivity contribution in [3.05, 3.63) is 41.5 Å². The van der Waals surface area contributed by atoms with E-state index in [9.17, 15) is 9.59 Å². The van der Waals surface area contributed by atoms with Crippen molar-refractivity contribution in [2.75, 3.05) is 27.4 Å². The van der Waals surface area contributed by atoms with Gasteiger partial charge >= 0.3 is 11.9 Å². The zero-order valence-corrected chi connectivity index (χ0v) is 16.8. The zero-order valence-electron chi connectivity index (χ0n) is 19.8. The van der Waals surface area contributed by atoms with Crippen molar-refractivity contribution in [1.82, 2.24) is 0 Å². The third kappa shape index (κ3) is 3.44. The Labute approximate surface area is 179 Å². The van der Waals surface area contributed by atoms with E-state index in [-0.39, 0.29) is 49.0 Å². The first-order valence-electron chi connectivity index (χ1n) is 11.2. The molecule has 1 fully saturated rings. The van der Waals surface area contributed by atoms with Crippen LogP contribution in [0.15, 0.2) is 30.3 Å². The van der Waals surface area contributed by atoms with Crippen LogP contribution in [-0.4, -0.2) is 39.3 Å². The SMILES string of the molecule is [2H]C([2H])([2H])Oc1ccc(-c2ccc3c(c2)COC3=O)c(OCC2(C(=O)OCC)CC2)c1OC. The first-order chi connectivity index (χ1) is 15.7. The van der Waals surface area contributed by atoms with E-state index in [1.54, 1.807) is 25.1 Å². The summed E-state index contributed by atoms with van der Waals surface area (Å²) in [6.45, 7) is 2.22. The van der Waals surface area contributed by atoms with E-state index in [4.69, 9.17) is 27.8 Å². The lowest BCUT2D eigenvalue weighted by Crippen LogP contribution is -2.26. The van der Waals surface area contributed by atoms with Gasteiger partial charge in [0.05, 0.1) is 30.4 Å². The van der Waals surface area contributed by atoms with Crippen LogP contribution in [0.3, 0.4) is 0 Å². The summed E-state index contributed by atoms with van der Waals surface area (Å²) in [6, 6.07) is 8.37. The molecule has 2 aromatic rings. The molecule has 0 amide bonds. The number of carbonyl (C=O) groups excluding carboxylic acids is 2. The summed E-state index contributed by atoms with van der Waals surface area (Å²) >= 11 is 0. The topological polar surface area (TPSA) is 80.3 Å². The van der Waals surface area contributed by atoms with Crippen LogP contribution in [0.25, 0.3) is 11.1 Å². The number of hydrogen-bond acceptors (Lipinski definition) is 7. The Hall–Kier alpha value is -3.22. The molecular formula is C23H24O7. The normalized spacial score (nSPS) is 17.7. The number of methoxy groups -OCH3 is 2. The maximum atomic E-state index is 12.4. The lowest BCUT2D eigenvalue weighted by molar-refractivity contribution is -0.150. The Bertz CT molecular complexity index is 1090. The molecule has 0 bridgehead atoms. The summed E-state index contributed by atoms with van der Waals surface area (Å²) in [6.07, 6.45) is 1.26. The van der Waals surface area contributed by atoms with Gasteiger partial charge < -0.3 is 23.7 Å². The summed E-state index contributed by atoms with van der Waals surface area (Å²) in [5, 5.41) is 0. The highest BCUT2D eigenvalue weighted by molar-refractivity contribution is 5.94. The molecule has 0 N–H and O–H groups in total. The molecule has 0 saturated heterocycles. The molecule has 2 aromatic carbocycles. The van der Waals surface area contributed by atoms with Crippen LogP contribution in [0.5, 0.6) is 17.2 Å². The molecular weight excluding hydrogens is 388 g/mol. The summed E-state index contributed by atoms with van der Waals surface area (Å²) in [4.78, 5) is 24.2. The Morgan fingerprint density at radius 2 is 1.97 bits per heavy atom. The number of esters is 2. The molecule has 1 aliphatic carbocycles. The highest BCUT2D eigenvalue weighted by Gasteiger charge is 2.52. The van der Waals surface area contributed by atoms with Gasteiger partial charge in [0.2, 0.25) is 5.75 Å². The maximum Gasteiger partial charge on any atom is 0.338 e. The van der Waals surface area contributed by atoms with Gasteiger partial charge in [0.15, 0.2) is 11.5 Å². The Morgan fingerprint density at radius 1 is 1.17 bits per heavy atom. The Kier molecular flexibility index (Phi) is 4.36. The summed E-state index contributed by atoms with van der Waals surface area (Å²) < 4.78 is 49.4. The van der Waals surface area contributed by atoms with Crippen LogP contribution < -0.4 is 14.2 Å². The van der Waals surface area contributed by atoms with Crippen LogP contribution in [0.1, 0.15) is 39.8 Å². The van der Waals surface area contributed by atoms with Crippen LogP contribution in [-0.2, 0) is 20.9 Å². The van der Waals surface area contributed by atoms with Crippen LogP contribution in [0, 0.1) is 5.41 Å². The second-order valence-corrected chi connectivity index (χ2v) is 7.31. The van der Waals surface area contributed by atoms with Gasteiger partial charge in [-0.05, 0) is 49.6 Å². The lowest BCUT2D eigenvalue weighted by atomic mass is 9.99. The highest BCUT2D eigenvalue weighted by Crippen LogP contribution is 2.50. The van der Waals surface area contributed by atoms with Gasteiger partial charge in [-0.25, -0.2) is 4.79 Å². The van der Waals surface area contributed by atoms with Gasteiger partial charge in [-0.15, -0.1) is 0 Å². The Morgan fingerprint density at radius 3 is 2.67 bits per heavy atom. The van der Waals surface area contributed by atoms with Crippen molar-refractivity contribution < 1.29 is 37.4 Å². The summed E-state index contributed by atoms with van der Waals surface area (Å²) in [5.41, 5.74) is 1.79. The molecule has 0 spiro atoms. The molecule has 0 aromatic heterocycles. The van der Waals surface area contributed by atoms with Gasteiger partial charge in [0, 0.05) is 11.1 Å². The number of rotatable bonds is 8. The lowest BCUT2D eigenvalue weighted by Gasteiger charge is -2.20. The van der Waals surface area contributed by atoms with Crippen LogP contribution >= 0.6 is 0 Å². The van der Waals surface area contributed by atoms with Crippen LogP contribution in [0.4, 0.5) is 0 Å². The minimum Gasteiger partial charge on any atom is -0.493 e. The second kappa shape index (κ2) is 7.89. The number of benzene rings is 2. The minimum absolute atomic E-state index is 0.0168. The average molecular weight is 415 g/mol. The molecule has 7 nitrogen and oxygen atoms in total. The fraction of sp³-hybridized carbons (Fsp3) is 0.391. The molecule has 0 atom stereocenters. The molecule has 1 saturated carbocycles. The van der Waals surface area contributed by atoms with E-state index < -0.39 is 12.5 Å². The summed E-state index contributed by atoms with van der Waals surface area (Å²) in [7, 11) is -1.31. The van der Waals surface area contributed by atoms with E-state index in [1.807, 2.05) is 6.07 Å². The Balaban J connectivity index is 1.75. The van der Waals surface area contributed by atoms with Gasteiger partial charge in [-0.1, -0.05) is 6.07 Å². The van der Waals surface area contributed by atoms with Crippen molar-refractivity contribution in [1.29, 1.82) is 0 Å². The maximum absolute atomic E-state index is 12.4. The third-order valence-corrected chi connectivity index (χ3v) is 5.44. The summed E-state index contributed by atoms with van der Waals surface area (Å²) in [5.74, 6) is -0.390. The van der Waals surface area contributed by atoms with Gasteiger partial charge in [-0.2, -0.15) is 0 Å². The number of fused-ring (bicyclic) bond motifs is 1. The average Bonchev–Trinajstić information content (AvgIpc) is 3.48. The van der Waals surface area contributed by atoms with Gasteiger partial charge in [0.25, 0.3) is 0 Å². The first-order valence-corrected chi connectivity index (χ1v) is 9.68. The third-order valence-electron chi connectivity index (χ3n) is 5.44. The standard InChI is InChI=1S/C23H24O7/c1-4-28-22(25)23(9-10-23)13-30-19-16(7-8-18(26-2)20(19)27-3)14-5-6-17-15(11-14)12-29-21(17)24/h5-8,11H,4,9-10,12-13H2,1-3H3/i2D3. The molecule has 2 aliphatic rings. The highest BCUT2D eigenvalue weighted by atomic mass is 16.6. The molecule has 0 radical (unpaired) electrons. The van der Waals surface area contributed by atoms with Crippen molar-refractivity contribution in [2.24, 2.45) is 5.41 Å². The quantitative estimate of drug-likeness (QED) is 0.607. The zero-order chi connectivity index (χ0) is 23.8. The number of hydrogen-bond donors (Lipinski definition) is 0. The minimum atomic E-state index is -2.69. The number of ether oxygens (including phenoxy) is 5. The molecule has 7 heteroatoms. The smallest absolute Gasteiger partial charge is 0.338 e. The molecule has 1 aliphatic heterocycles. The van der Waals surface area contributed by atoms with Crippen LogP contribution in [0.2, 0.25) is 0 Å². The van der Waals surface area contributed by atoms with E-state index in [0.29, 0.717) is 29.5 Å². The van der Waals surface area contributed by atoms with Crippen molar-refractivity contribution in [3.63, 3.8) is 0 Å². The number of carbonyl (C=O) groups is 2. The monoisotopic (exact) mass is 415 g/mol. The fourth-order valence-corrected chi connectivity index (χ4v) is 3.54. The largest absolute Gasteiger partial charge is 0.493 e. The van der Waals surface area contributed by atoms with E-state index in [1.165, 1.54) is 13.2 Å². The predicted molar refractivity (Wildman–Crippen MR) is 108 cm³/mol. The van der Waals surface area contributed by atoms with Gasteiger partial charge in [-0.3, -0.25) is 4.79 Å². The predicted octanol–water partition coefficient (Wildman–Crippen LogP) is 3.76. The van der Waals surface area contributed by atoms with E-state index in [0.717, 1.165) is 5.56 Å². The first kappa shape index (κ1) is 16.6. The van der Waals surface area contributed by atoms with Crippen molar-refractivity contribution in [3.8, 4) is 28.4 Å². The van der Waals surface area contributed by atoms with Gasteiger partial charge in [0.1, 0.15) is 18.6 Å². The molecule has 0 unspecified atom stereocenters. The second-order valence-electron chi connectivity index (χ2n) is 7.31. The van der Waals surface area contributed by atoms with E-state index in [2.05, 4.69) is 0 Å². The molecule has 158 valence electrons. The van der Waals surface area contributed by atoms with Crippen molar-refractivity contribution in [2.45, 2.75) is 26.4 Å². The molecule has 4 rings (SSSR count). The molecule has 1 heterocycles. The van der Waals surface area contributed by atoms with E-state index >= 15 is 0 Å². The number of cyclic esters (lactones) is 1. The van der Waals surface area contributed by atoms with Crippen molar-refractivity contribution >= 4 is 11.9 Å². The fourth-order valence-electron chi connectivity index (χ4n) is 3.54. The molecule has 30 heavy (non-hydrogen) atoms.